The van der Waals surface area contributed by atoms with Crippen LogP contribution in [0.25, 0.3) is 0 Å². The molecule has 0 heterocycles. The number of carbonyl (C=O) groups excluding carboxylic acids is 4. The first kappa shape index (κ1) is 88.1. The minimum Gasteiger partial charge on any atom is -0.462 e. The third-order valence-electron chi connectivity index (χ3n) is 16.7. The molecule has 0 aliphatic heterocycles. The Labute approximate surface area is 549 Å². The molecule has 3 N–H and O–H groups in total. The Hall–Kier alpha value is -1.94. The van der Waals surface area contributed by atoms with Crippen LogP contribution in [0.15, 0.2) is 0 Å². The molecule has 0 aromatic heterocycles. The van der Waals surface area contributed by atoms with Crippen molar-refractivity contribution in [3.05, 3.63) is 0 Å². The lowest BCUT2D eigenvalue weighted by molar-refractivity contribution is -0.161. The van der Waals surface area contributed by atoms with E-state index in [0.29, 0.717) is 25.7 Å². The zero-order valence-electron chi connectivity index (χ0n) is 58.6. The molecule has 0 fully saturated rings. The number of carbonyl (C=O) groups is 4. The highest BCUT2D eigenvalue weighted by Gasteiger charge is 2.30. The van der Waals surface area contributed by atoms with Gasteiger partial charge in [-0.15, -0.1) is 0 Å². The van der Waals surface area contributed by atoms with E-state index in [9.17, 15) is 43.2 Å². The van der Waals surface area contributed by atoms with Gasteiger partial charge in [-0.2, -0.15) is 0 Å². The van der Waals surface area contributed by atoms with Crippen LogP contribution in [0.4, 0.5) is 0 Å². The highest BCUT2D eigenvalue weighted by atomic mass is 31.2. The number of ether oxygens (including phenoxy) is 4. The number of phosphoric ester groups is 2. The van der Waals surface area contributed by atoms with Gasteiger partial charge in [0.15, 0.2) is 12.2 Å². The molecular weight excluding hydrogens is 1190 g/mol. The molecular formula is C71H138O17P2. The van der Waals surface area contributed by atoms with Crippen molar-refractivity contribution in [3.63, 3.8) is 0 Å². The Bertz CT molecular complexity index is 1770. The molecule has 0 rings (SSSR count). The average Bonchev–Trinajstić information content (AvgIpc) is 2.41. The molecule has 0 saturated heterocycles. The summed E-state index contributed by atoms with van der Waals surface area (Å²) in [4.78, 5) is 72.6. The summed E-state index contributed by atoms with van der Waals surface area (Å²) >= 11 is 0. The zero-order chi connectivity index (χ0) is 66.6. The van der Waals surface area contributed by atoms with E-state index >= 15 is 0 Å². The largest absolute Gasteiger partial charge is 0.472 e. The van der Waals surface area contributed by atoms with Crippen molar-refractivity contribution < 1.29 is 80.2 Å². The summed E-state index contributed by atoms with van der Waals surface area (Å²) in [6.45, 7) is 11.8. The summed E-state index contributed by atoms with van der Waals surface area (Å²) in [6.07, 6.45) is 45.7. The van der Waals surface area contributed by atoms with Crippen molar-refractivity contribution in [3.8, 4) is 0 Å². The topological polar surface area (TPSA) is 237 Å². The maximum atomic E-state index is 13.0. The van der Waals surface area contributed by atoms with Gasteiger partial charge in [-0.05, 0) is 43.4 Å². The summed E-state index contributed by atoms with van der Waals surface area (Å²) in [7, 11) is -9.90. The lowest BCUT2D eigenvalue weighted by atomic mass is 9.99. The van der Waals surface area contributed by atoms with Gasteiger partial charge in [0.2, 0.25) is 0 Å². The third-order valence-corrected chi connectivity index (χ3v) is 18.6. The maximum Gasteiger partial charge on any atom is 0.472 e. The molecule has 0 saturated carbocycles. The van der Waals surface area contributed by atoms with E-state index < -0.39 is 97.5 Å². The Morgan fingerprint density at radius 2 is 0.567 bits per heavy atom. The number of aliphatic hydroxyl groups excluding tert-OH is 1. The monoisotopic (exact) mass is 1320 g/mol. The lowest BCUT2D eigenvalue weighted by Gasteiger charge is -2.21. The van der Waals surface area contributed by atoms with Crippen LogP contribution >= 0.6 is 15.6 Å². The summed E-state index contributed by atoms with van der Waals surface area (Å²) in [5, 5.41) is 10.6. The minimum absolute atomic E-state index is 0.106. The van der Waals surface area contributed by atoms with Gasteiger partial charge in [0.25, 0.3) is 0 Å². The summed E-state index contributed by atoms with van der Waals surface area (Å²) in [5.41, 5.74) is 0. The Morgan fingerprint density at radius 3 is 0.844 bits per heavy atom. The maximum absolute atomic E-state index is 13.0. The molecule has 0 spiro atoms. The Morgan fingerprint density at radius 1 is 0.322 bits per heavy atom. The van der Waals surface area contributed by atoms with E-state index in [1.807, 2.05) is 0 Å². The van der Waals surface area contributed by atoms with Crippen LogP contribution in [-0.2, 0) is 65.4 Å². The minimum atomic E-state index is -4.95. The van der Waals surface area contributed by atoms with E-state index in [4.69, 9.17) is 37.0 Å². The van der Waals surface area contributed by atoms with E-state index in [-0.39, 0.29) is 25.7 Å². The number of phosphoric acid groups is 2. The third kappa shape index (κ3) is 63.5. The number of rotatable bonds is 69. The SMILES string of the molecule is CCCCCCCCCCCCCCC(=O)O[C@H](COC(=O)CCCCCCCCCCC(C)C)COP(=O)(O)OC[C@H](O)COP(=O)(O)OC[C@@H](COC(=O)CCCCCCCCCCC(C)CC)OC(=O)CCCCCCCCCCCCCCC(C)C. The molecule has 0 aromatic rings. The Kier molecular flexibility index (Phi) is 60.6. The van der Waals surface area contributed by atoms with Crippen LogP contribution in [0.2, 0.25) is 0 Å². The molecule has 17 nitrogen and oxygen atoms in total. The first-order chi connectivity index (χ1) is 43.3. The lowest BCUT2D eigenvalue weighted by Crippen LogP contribution is -2.30. The molecule has 0 bridgehead atoms. The zero-order valence-corrected chi connectivity index (χ0v) is 60.4. The molecule has 0 radical (unpaired) electrons. The molecule has 19 heteroatoms. The van der Waals surface area contributed by atoms with Crippen molar-refractivity contribution in [2.24, 2.45) is 17.8 Å². The van der Waals surface area contributed by atoms with Gasteiger partial charge in [0.05, 0.1) is 26.4 Å². The molecule has 3 unspecified atom stereocenters. The fraction of sp³-hybridized carbons (Fsp3) is 0.944. The molecule has 0 amide bonds. The second-order valence-electron chi connectivity index (χ2n) is 26.8. The van der Waals surface area contributed by atoms with E-state index in [1.165, 1.54) is 167 Å². The molecule has 534 valence electrons. The number of hydrogen-bond donors (Lipinski definition) is 3. The van der Waals surface area contributed by atoms with Gasteiger partial charge in [-0.25, -0.2) is 9.13 Å². The van der Waals surface area contributed by atoms with E-state index in [2.05, 4.69) is 48.5 Å². The molecule has 6 atom stereocenters. The fourth-order valence-electron chi connectivity index (χ4n) is 10.7. The molecule has 0 aliphatic carbocycles. The highest BCUT2D eigenvalue weighted by molar-refractivity contribution is 7.47. The van der Waals surface area contributed by atoms with Crippen molar-refractivity contribution in [1.29, 1.82) is 0 Å². The average molecular weight is 1330 g/mol. The van der Waals surface area contributed by atoms with Crippen LogP contribution in [0.3, 0.4) is 0 Å². The van der Waals surface area contributed by atoms with E-state index in [1.54, 1.807) is 0 Å². The van der Waals surface area contributed by atoms with Gasteiger partial charge < -0.3 is 33.8 Å². The smallest absolute Gasteiger partial charge is 0.462 e. The van der Waals surface area contributed by atoms with Gasteiger partial charge in [-0.3, -0.25) is 37.3 Å². The van der Waals surface area contributed by atoms with Gasteiger partial charge in [0.1, 0.15) is 19.3 Å². The predicted molar refractivity (Wildman–Crippen MR) is 363 cm³/mol. The number of unbranched alkanes of at least 4 members (excludes halogenated alkanes) is 36. The van der Waals surface area contributed by atoms with Crippen LogP contribution < -0.4 is 0 Å². The summed E-state index contributed by atoms with van der Waals surface area (Å²) < 4.78 is 68.3. The van der Waals surface area contributed by atoms with Crippen molar-refractivity contribution >= 4 is 39.5 Å². The van der Waals surface area contributed by atoms with Crippen LogP contribution in [0.5, 0.6) is 0 Å². The highest BCUT2D eigenvalue weighted by Crippen LogP contribution is 2.45. The van der Waals surface area contributed by atoms with Gasteiger partial charge in [-0.1, -0.05) is 305 Å². The summed E-state index contributed by atoms with van der Waals surface area (Å²) in [6, 6.07) is 0. The molecule has 0 aromatic carbocycles. The fourth-order valence-corrected chi connectivity index (χ4v) is 12.3. The van der Waals surface area contributed by atoms with Crippen LogP contribution in [0.1, 0.15) is 357 Å². The number of hydrogen-bond acceptors (Lipinski definition) is 15. The van der Waals surface area contributed by atoms with Gasteiger partial charge >= 0.3 is 39.5 Å². The van der Waals surface area contributed by atoms with Crippen molar-refractivity contribution in [1.82, 2.24) is 0 Å². The molecule has 0 aliphatic rings. The van der Waals surface area contributed by atoms with Crippen molar-refractivity contribution in [2.45, 2.75) is 375 Å². The normalized spacial score (nSPS) is 14.5. The van der Waals surface area contributed by atoms with Crippen LogP contribution in [0, 0.1) is 17.8 Å². The first-order valence-electron chi connectivity index (χ1n) is 36.9. The molecule has 90 heavy (non-hydrogen) atoms. The van der Waals surface area contributed by atoms with E-state index in [0.717, 1.165) is 108 Å². The first-order valence-corrected chi connectivity index (χ1v) is 39.9. The Balaban J connectivity index is 5.26. The van der Waals surface area contributed by atoms with Crippen molar-refractivity contribution in [2.75, 3.05) is 39.6 Å². The summed E-state index contributed by atoms with van der Waals surface area (Å²) in [5.74, 6) is 0.156. The van der Waals surface area contributed by atoms with Gasteiger partial charge in [0, 0.05) is 25.7 Å². The van der Waals surface area contributed by atoms with Crippen LogP contribution in [-0.4, -0.2) is 96.7 Å². The second kappa shape index (κ2) is 61.9. The quantitative estimate of drug-likeness (QED) is 0.0222. The predicted octanol–water partition coefficient (Wildman–Crippen LogP) is 20.2. The number of esters is 4. The second-order valence-corrected chi connectivity index (χ2v) is 29.7. The number of aliphatic hydroxyl groups is 1. The standard InChI is InChI=1S/C71H138O17P2/c1-8-10-11-12-13-14-15-19-22-33-40-47-54-70(75)87-66(58-81-68(73)52-45-38-31-26-24-29-36-43-50-63(5)6)60-85-89(77,78)83-56-65(72)57-84-90(79,80)86-61-67(59-82-69(74)53-46-39-32-27-25-30-37-44-51-64(7)9-2)88-71(76)55-48-41-34-23-20-17-16-18-21-28-35-42-49-62(3)4/h62-67,72H,8-61H2,1-7H3,(H,77,78)(H,79,80)/t64?,65-,66+,67+/m0/s1.